The Morgan fingerprint density at radius 2 is 1.95 bits per heavy atom. The predicted octanol–water partition coefficient (Wildman–Crippen LogP) is 2.23. The minimum Gasteiger partial charge on any atom is -0.461 e. The van der Waals surface area contributed by atoms with Crippen LogP contribution in [0.25, 0.3) is 0 Å². The van der Waals surface area contributed by atoms with Gasteiger partial charge in [0.15, 0.2) is 11.5 Å². The van der Waals surface area contributed by atoms with Gasteiger partial charge in [0.2, 0.25) is 0 Å². The van der Waals surface area contributed by atoms with Crippen LogP contribution >= 0.6 is 0 Å². The molecule has 1 heterocycles. The van der Waals surface area contributed by atoms with Gasteiger partial charge in [-0.15, -0.1) is 5.10 Å². The second kappa shape index (κ2) is 6.15. The summed E-state index contributed by atoms with van der Waals surface area (Å²) in [6, 6.07) is -0.558. The summed E-state index contributed by atoms with van der Waals surface area (Å²) in [5, 5.41) is 7.72. The van der Waals surface area contributed by atoms with Crippen LogP contribution in [-0.4, -0.2) is 32.9 Å². The van der Waals surface area contributed by atoms with Crippen molar-refractivity contribution >= 4 is 11.8 Å². The van der Waals surface area contributed by atoms with Gasteiger partial charge in [0, 0.05) is 6.92 Å². The molecule has 1 aromatic heterocycles. The third-order valence-corrected chi connectivity index (χ3v) is 3.80. The van der Waals surface area contributed by atoms with Crippen molar-refractivity contribution in [1.29, 1.82) is 0 Å². The first-order valence-electron chi connectivity index (χ1n) is 7.14. The quantitative estimate of drug-likeness (QED) is 0.624. The minimum absolute atomic E-state index is 0.0230. The molecule has 0 saturated heterocycles. The van der Waals surface area contributed by atoms with Gasteiger partial charge in [0.05, 0.1) is 5.69 Å². The van der Waals surface area contributed by atoms with E-state index in [0.717, 1.165) is 25.7 Å². The first-order valence-corrected chi connectivity index (χ1v) is 7.14. The van der Waals surface area contributed by atoms with Gasteiger partial charge in [-0.25, -0.2) is 9.48 Å². The second-order valence-corrected chi connectivity index (χ2v) is 5.40. The van der Waals surface area contributed by atoms with Crippen LogP contribution in [-0.2, 0) is 9.53 Å². The zero-order valence-corrected chi connectivity index (χ0v) is 12.3. The Bertz CT molecular complexity index is 504. The summed E-state index contributed by atoms with van der Waals surface area (Å²) in [6.07, 6.45) is 5.34. The summed E-state index contributed by atoms with van der Waals surface area (Å²) in [6.45, 7) is 4.89. The van der Waals surface area contributed by atoms with E-state index in [0.29, 0.717) is 11.4 Å². The predicted molar refractivity (Wildman–Crippen MR) is 72.4 cm³/mol. The molecule has 0 radical (unpaired) electrons. The van der Waals surface area contributed by atoms with Crippen molar-refractivity contribution in [3.8, 4) is 0 Å². The number of Topliss-reactive ketones (excluding diaryl/α,β-unsaturated/α-hetero) is 1. The Morgan fingerprint density at radius 1 is 1.30 bits per heavy atom. The molecule has 20 heavy (non-hydrogen) atoms. The number of ether oxygens (including phenoxy) is 1. The Kier molecular flexibility index (Phi) is 4.52. The topological polar surface area (TPSA) is 74.1 Å². The monoisotopic (exact) mass is 279 g/mol. The van der Waals surface area contributed by atoms with E-state index in [2.05, 4.69) is 10.3 Å². The zero-order valence-electron chi connectivity index (χ0n) is 12.3. The van der Waals surface area contributed by atoms with Gasteiger partial charge in [-0.1, -0.05) is 11.6 Å². The van der Waals surface area contributed by atoms with Crippen LogP contribution in [0.2, 0.25) is 0 Å². The summed E-state index contributed by atoms with van der Waals surface area (Å²) in [4.78, 5) is 23.5. The first-order chi connectivity index (χ1) is 9.50. The lowest BCUT2D eigenvalue weighted by Gasteiger charge is -2.23. The lowest BCUT2D eigenvalue weighted by molar-refractivity contribution is -0.154. The maximum Gasteiger partial charge on any atom is 0.330 e. The van der Waals surface area contributed by atoms with Crippen molar-refractivity contribution in [3.63, 3.8) is 0 Å². The molecule has 1 aromatic rings. The van der Waals surface area contributed by atoms with Crippen molar-refractivity contribution in [1.82, 2.24) is 15.0 Å². The SMILES string of the molecule is CC(=O)c1nnn(C(C)C(=O)OC2CCCCC2)c1C. The standard InChI is InChI=1S/C14H21N3O3/c1-9-13(11(3)18)15-16-17(9)10(2)14(19)20-12-7-5-4-6-8-12/h10,12H,4-8H2,1-3H3. The molecule has 2 rings (SSSR count). The van der Waals surface area contributed by atoms with Crippen molar-refractivity contribution in [3.05, 3.63) is 11.4 Å². The molecule has 0 aliphatic heterocycles. The van der Waals surface area contributed by atoms with E-state index >= 15 is 0 Å². The molecule has 1 saturated carbocycles. The van der Waals surface area contributed by atoms with Gasteiger partial charge in [0.1, 0.15) is 12.1 Å². The highest BCUT2D eigenvalue weighted by Gasteiger charge is 2.26. The smallest absolute Gasteiger partial charge is 0.330 e. The first kappa shape index (κ1) is 14.7. The van der Waals surface area contributed by atoms with Gasteiger partial charge >= 0.3 is 5.97 Å². The van der Waals surface area contributed by atoms with E-state index in [1.54, 1.807) is 13.8 Å². The van der Waals surface area contributed by atoms with Crippen LogP contribution < -0.4 is 0 Å². The van der Waals surface area contributed by atoms with Crippen molar-refractivity contribution in [2.75, 3.05) is 0 Å². The summed E-state index contributed by atoms with van der Waals surface area (Å²) in [5.74, 6) is -0.457. The summed E-state index contributed by atoms with van der Waals surface area (Å²) >= 11 is 0. The molecular formula is C14H21N3O3. The van der Waals surface area contributed by atoms with Crippen LogP contribution in [0.15, 0.2) is 0 Å². The molecular weight excluding hydrogens is 258 g/mol. The third-order valence-electron chi connectivity index (χ3n) is 3.80. The Hall–Kier alpha value is -1.72. The number of rotatable bonds is 4. The summed E-state index contributed by atoms with van der Waals surface area (Å²) in [5.41, 5.74) is 0.910. The molecule has 110 valence electrons. The average Bonchev–Trinajstić information content (AvgIpc) is 2.81. The molecule has 1 aliphatic rings. The Morgan fingerprint density at radius 3 is 2.50 bits per heavy atom. The number of hydrogen-bond acceptors (Lipinski definition) is 5. The lowest BCUT2D eigenvalue weighted by atomic mass is 9.98. The van der Waals surface area contributed by atoms with Crippen LogP contribution in [0.4, 0.5) is 0 Å². The summed E-state index contributed by atoms with van der Waals surface area (Å²) < 4.78 is 6.98. The molecule has 6 heteroatoms. The van der Waals surface area contributed by atoms with Gasteiger partial charge in [-0.3, -0.25) is 4.79 Å². The van der Waals surface area contributed by atoms with E-state index in [9.17, 15) is 9.59 Å². The van der Waals surface area contributed by atoms with Crippen molar-refractivity contribution < 1.29 is 14.3 Å². The highest BCUT2D eigenvalue weighted by molar-refractivity contribution is 5.93. The fourth-order valence-electron chi connectivity index (χ4n) is 2.58. The summed E-state index contributed by atoms with van der Waals surface area (Å²) in [7, 11) is 0. The van der Waals surface area contributed by atoms with E-state index in [1.807, 2.05) is 0 Å². The maximum absolute atomic E-state index is 12.1. The van der Waals surface area contributed by atoms with Crippen LogP contribution in [0, 0.1) is 6.92 Å². The number of esters is 1. The van der Waals surface area contributed by atoms with E-state index < -0.39 is 6.04 Å². The molecule has 1 aliphatic carbocycles. The highest BCUT2D eigenvalue weighted by Crippen LogP contribution is 2.22. The van der Waals surface area contributed by atoms with Gasteiger partial charge in [-0.2, -0.15) is 0 Å². The van der Waals surface area contributed by atoms with Crippen molar-refractivity contribution in [2.24, 2.45) is 0 Å². The lowest BCUT2D eigenvalue weighted by Crippen LogP contribution is -2.27. The Labute approximate surface area is 118 Å². The fourth-order valence-corrected chi connectivity index (χ4v) is 2.58. The van der Waals surface area contributed by atoms with E-state index in [4.69, 9.17) is 4.74 Å². The van der Waals surface area contributed by atoms with E-state index in [1.165, 1.54) is 18.0 Å². The number of carbonyl (C=O) groups is 2. The van der Waals surface area contributed by atoms with Crippen LogP contribution in [0.3, 0.4) is 0 Å². The molecule has 1 atom stereocenters. The largest absolute Gasteiger partial charge is 0.461 e. The Balaban J connectivity index is 2.04. The molecule has 0 amide bonds. The maximum atomic E-state index is 12.1. The molecule has 0 aromatic carbocycles. The highest BCUT2D eigenvalue weighted by atomic mass is 16.5. The second-order valence-electron chi connectivity index (χ2n) is 5.40. The van der Waals surface area contributed by atoms with Gasteiger partial charge in [0.25, 0.3) is 0 Å². The number of nitrogens with zero attached hydrogens (tertiary/aromatic N) is 3. The molecule has 1 fully saturated rings. The third kappa shape index (κ3) is 3.05. The molecule has 0 bridgehead atoms. The molecule has 0 N–H and O–H groups in total. The number of aromatic nitrogens is 3. The zero-order chi connectivity index (χ0) is 14.7. The van der Waals surface area contributed by atoms with Gasteiger partial charge < -0.3 is 4.74 Å². The molecule has 1 unspecified atom stereocenters. The van der Waals surface area contributed by atoms with Gasteiger partial charge in [-0.05, 0) is 39.5 Å². The van der Waals surface area contributed by atoms with Crippen LogP contribution in [0.5, 0.6) is 0 Å². The average molecular weight is 279 g/mol. The number of carbonyl (C=O) groups excluding carboxylic acids is 2. The number of ketones is 1. The molecule has 6 nitrogen and oxygen atoms in total. The molecule has 0 spiro atoms. The van der Waals surface area contributed by atoms with Crippen LogP contribution in [0.1, 0.15) is 68.2 Å². The fraction of sp³-hybridized carbons (Fsp3) is 0.714. The van der Waals surface area contributed by atoms with E-state index in [-0.39, 0.29) is 17.9 Å². The van der Waals surface area contributed by atoms with Crippen molar-refractivity contribution in [2.45, 2.75) is 65.0 Å². The minimum atomic E-state index is -0.558. The normalized spacial score (nSPS) is 17.8. The number of hydrogen-bond donors (Lipinski definition) is 0.